The molecule has 0 aromatic carbocycles. The Morgan fingerprint density at radius 2 is 1.84 bits per heavy atom. The third-order valence-electron chi connectivity index (χ3n) is 10.6. The summed E-state index contributed by atoms with van der Waals surface area (Å²) >= 11 is 3.56. The lowest BCUT2D eigenvalue weighted by atomic mass is 9.47. The van der Waals surface area contributed by atoms with Gasteiger partial charge in [-0.1, -0.05) is 55.3 Å². The minimum atomic E-state index is -0.329. The van der Waals surface area contributed by atoms with Gasteiger partial charge in [-0.05, 0) is 104 Å². The van der Waals surface area contributed by atoms with Crippen LogP contribution in [0.4, 0.5) is 0 Å². The van der Waals surface area contributed by atoms with Gasteiger partial charge in [-0.15, -0.1) is 0 Å². The molecule has 4 heteroatoms. The zero-order valence-corrected chi connectivity index (χ0v) is 21.7. The summed E-state index contributed by atoms with van der Waals surface area (Å²) in [5.41, 5.74) is 1.87. The maximum Gasteiger partial charge on any atom is 0.0580 e. The average Bonchev–Trinajstić information content (AvgIpc) is 3.01. The van der Waals surface area contributed by atoms with Crippen molar-refractivity contribution in [3.63, 3.8) is 0 Å². The Bertz CT molecular complexity index is 679. The van der Waals surface area contributed by atoms with E-state index in [-0.39, 0.29) is 41.0 Å². The lowest BCUT2D eigenvalue weighted by Gasteiger charge is -2.58. The lowest BCUT2D eigenvalue weighted by Crippen LogP contribution is -2.51. The van der Waals surface area contributed by atoms with Crippen molar-refractivity contribution in [3.8, 4) is 0 Å². The summed E-state index contributed by atoms with van der Waals surface area (Å²) in [6.45, 7) is 9.32. The fourth-order valence-electron chi connectivity index (χ4n) is 8.68. The molecule has 0 radical (unpaired) electrons. The van der Waals surface area contributed by atoms with Crippen molar-refractivity contribution in [2.24, 2.45) is 46.3 Å². The van der Waals surface area contributed by atoms with Crippen molar-refractivity contribution in [2.45, 2.75) is 104 Å². The second-order valence-corrected chi connectivity index (χ2v) is 12.9. The second kappa shape index (κ2) is 9.04. The van der Waals surface area contributed by atoms with Gasteiger partial charge in [0.05, 0.1) is 18.3 Å². The number of halogens is 1. The highest BCUT2D eigenvalue weighted by molar-refractivity contribution is 9.09. The Labute approximate surface area is 198 Å². The molecular weight excluding hydrogens is 452 g/mol. The first-order valence-corrected chi connectivity index (χ1v) is 14.0. The van der Waals surface area contributed by atoms with E-state index in [4.69, 9.17) is 0 Å². The molecule has 0 heterocycles. The highest BCUT2D eigenvalue weighted by Crippen LogP contribution is 2.67. The van der Waals surface area contributed by atoms with E-state index in [0.717, 1.165) is 50.3 Å². The van der Waals surface area contributed by atoms with E-state index >= 15 is 0 Å². The first-order chi connectivity index (χ1) is 14.6. The molecule has 31 heavy (non-hydrogen) atoms. The molecule has 0 aromatic heterocycles. The molecule has 0 aliphatic heterocycles. The van der Waals surface area contributed by atoms with Crippen molar-refractivity contribution in [3.05, 3.63) is 11.6 Å². The van der Waals surface area contributed by atoms with Crippen LogP contribution < -0.4 is 0 Å². The maximum absolute atomic E-state index is 11.3. The summed E-state index contributed by atoms with van der Waals surface area (Å²) in [4.78, 5) is 0. The molecule has 3 nitrogen and oxygen atoms in total. The Balaban J connectivity index is 1.53. The molecule has 4 rings (SSSR count). The van der Waals surface area contributed by atoms with E-state index < -0.39 is 0 Å². The van der Waals surface area contributed by atoms with Crippen LogP contribution >= 0.6 is 15.9 Å². The van der Waals surface area contributed by atoms with Gasteiger partial charge in [0, 0.05) is 5.33 Å². The number of aliphatic hydroxyl groups excluding tert-OH is 3. The third kappa shape index (κ3) is 4.10. The number of hydrogen-bond donors (Lipinski definition) is 3. The topological polar surface area (TPSA) is 60.7 Å². The molecule has 0 saturated heterocycles. The molecule has 3 saturated carbocycles. The van der Waals surface area contributed by atoms with Gasteiger partial charge in [-0.2, -0.15) is 0 Å². The predicted molar refractivity (Wildman–Crippen MR) is 130 cm³/mol. The molecule has 0 aromatic rings. The quantitative estimate of drug-likeness (QED) is 0.326. The number of alkyl halides is 1. The van der Waals surface area contributed by atoms with Gasteiger partial charge in [0.1, 0.15) is 0 Å². The van der Waals surface area contributed by atoms with Gasteiger partial charge < -0.3 is 15.3 Å². The van der Waals surface area contributed by atoms with E-state index in [1.54, 1.807) is 0 Å². The number of allylic oxidation sites excluding steroid dienone is 1. The SMILES string of the molecule is CC(CBr)CCC(O)[C@@H](C)[C@H]1C(O)C[C@H]2[C@@H]3CC=C4C[C@@H](O)CC[C@]4(C)[C@H]3CC[C@]12C. The van der Waals surface area contributed by atoms with Crippen LogP contribution in [0.5, 0.6) is 0 Å². The minimum absolute atomic E-state index is 0.123. The normalized spacial score (nSPS) is 47.5. The van der Waals surface area contributed by atoms with Gasteiger partial charge in [0.25, 0.3) is 0 Å². The van der Waals surface area contributed by atoms with Crippen molar-refractivity contribution in [2.75, 3.05) is 5.33 Å². The highest BCUT2D eigenvalue weighted by Gasteiger charge is 2.62. The molecule has 4 aliphatic rings. The molecule has 3 fully saturated rings. The van der Waals surface area contributed by atoms with Crippen molar-refractivity contribution >= 4 is 15.9 Å². The van der Waals surface area contributed by atoms with Crippen molar-refractivity contribution in [1.29, 1.82) is 0 Å². The summed E-state index contributed by atoms with van der Waals surface area (Å²) < 4.78 is 0. The minimum Gasteiger partial charge on any atom is -0.393 e. The summed E-state index contributed by atoms with van der Waals surface area (Å²) in [6, 6.07) is 0. The van der Waals surface area contributed by atoms with E-state index in [1.165, 1.54) is 18.4 Å². The predicted octanol–water partition coefficient (Wildman–Crippen LogP) is 5.71. The van der Waals surface area contributed by atoms with Crippen LogP contribution in [0.1, 0.15) is 85.5 Å². The number of aliphatic hydroxyl groups is 3. The average molecular weight is 498 g/mol. The molecule has 0 spiro atoms. The molecule has 0 bridgehead atoms. The van der Waals surface area contributed by atoms with Gasteiger partial charge in [-0.25, -0.2) is 0 Å². The lowest BCUT2D eigenvalue weighted by molar-refractivity contribution is -0.0768. The zero-order valence-electron chi connectivity index (χ0n) is 20.1. The van der Waals surface area contributed by atoms with Crippen molar-refractivity contribution < 1.29 is 15.3 Å². The van der Waals surface area contributed by atoms with Crippen molar-refractivity contribution in [1.82, 2.24) is 0 Å². The van der Waals surface area contributed by atoms with E-state index in [9.17, 15) is 15.3 Å². The van der Waals surface area contributed by atoms with Crippen LogP contribution in [0.15, 0.2) is 11.6 Å². The van der Waals surface area contributed by atoms with Crippen LogP contribution in [0.2, 0.25) is 0 Å². The maximum atomic E-state index is 11.3. The molecule has 178 valence electrons. The van der Waals surface area contributed by atoms with E-state index in [0.29, 0.717) is 23.7 Å². The van der Waals surface area contributed by atoms with Crippen LogP contribution in [-0.4, -0.2) is 39.0 Å². The molecule has 3 unspecified atom stereocenters. The largest absolute Gasteiger partial charge is 0.393 e. The fraction of sp³-hybridized carbons (Fsp3) is 0.926. The Morgan fingerprint density at radius 3 is 2.55 bits per heavy atom. The second-order valence-electron chi connectivity index (χ2n) is 12.3. The highest BCUT2D eigenvalue weighted by atomic mass is 79.9. The molecule has 4 aliphatic carbocycles. The first kappa shape index (κ1) is 24.2. The van der Waals surface area contributed by atoms with Crippen LogP contribution in [0.25, 0.3) is 0 Å². The van der Waals surface area contributed by atoms with Crippen LogP contribution in [0, 0.1) is 46.3 Å². The van der Waals surface area contributed by atoms with Gasteiger partial charge in [0.15, 0.2) is 0 Å². The molecular formula is C27H45BrO3. The van der Waals surface area contributed by atoms with Gasteiger partial charge in [-0.3, -0.25) is 0 Å². The third-order valence-corrected chi connectivity index (χ3v) is 11.7. The fourth-order valence-corrected chi connectivity index (χ4v) is 9.00. The smallest absolute Gasteiger partial charge is 0.0580 e. The first-order valence-electron chi connectivity index (χ1n) is 12.9. The molecule has 11 atom stereocenters. The van der Waals surface area contributed by atoms with Crippen LogP contribution in [-0.2, 0) is 0 Å². The van der Waals surface area contributed by atoms with E-state index in [2.05, 4.69) is 49.7 Å². The summed E-state index contributed by atoms with van der Waals surface area (Å²) in [6.07, 6.45) is 10.9. The molecule has 3 N–H and O–H groups in total. The van der Waals surface area contributed by atoms with Crippen LogP contribution in [0.3, 0.4) is 0 Å². The van der Waals surface area contributed by atoms with Gasteiger partial charge in [0.2, 0.25) is 0 Å². The standard InChI is InChI=1S/C27H45BrO3/c1-16(15-28)5-8-23(30)17(2)25-24(31)14-22-20-7-6-18-13-19(29)9-11-26(18,3)21(20)10-12-27(22,25)4/h6,16-17,19-25,29-31H,5,7-15H2,1-4H3/t16?,17-,19+,20-,21+,22+,23?,24?,25+,26+,27+/m1/s1. The number of fused-ring (bicyclic) bond motifs is 5. The molecule has 0 amide bonds. The summed E-state index contributed by atoms with van der Waals surface area (Å²) in [5, 5.41) is 33.5. The Kier molecular flexibility index (Phi) is 7.07. The zero-order chi connectivity index (χ0) is 22.6. The number of hydrogen-bond acceptors (Lipinski definition) is 3. The summed E-state index contributed by atoms with van der Waals surface area (Å²) in [5.74, 6) is 2.78. The van der Waals surface area contributed by atoms with E-state index in [1.807, 2.05) is 0 Å². The Hall–Kier alpha value is 0.100. The Morgan fingerprint density at radius 1 is 1.10 bits per heavy atom. The summed E-state index contributed by atoms with van der Waals surface area (Å²) in [7, 11) is 0. The monoisotopic (exact) mass is 496 g/mol. The van der Waals surface area contributed by atoms with Gasteiger partial charge >= 0.3 is 0 Å². The number of rotatable bonds is 6.